The van der Waals surface area contributed by atoms with Crippen LogP contribution in [0.2, 0.25) is 0 Å². The van der Waals surface area contributed by atoms with Gasteiger partial charge < -0.3 is 20.5 Å². The first-order valence-corrected chi connectivity index (χ1v) is 11.8. The number of carboxylic acids is 1. The molecule has 178 valence electrons. The molecule has 0 heterocycles. The average Bonchev–Trinajstić information content (AvgIpc) is 2.80. The zero-order chi connectivity index (χ0) is 23.8. The van der Waals surface area contributed by atoms with Crippen molar-refractivity contribution < 1.29 is 19.4 Å². The first kappa shape index (κ1) is 24.8. The van der Waals surface area contributed by atoms with Gasteiger partial charge in [-0.3, -0.25) is 4.79 Å². The van der Waals surface area contributed by atoms with Gasteiger partial charge in [-0.1, -0.05) is 51.5 Å². The fourth-order valence-corrected chi connectivity index (χ4v) is 4.45. The van der Waals surface area contributed by atoms with Crippen LogP contribution in [0.15, 0.2) is 48.5 Å². The number of hydrogen-bond acceptors (Lipinski definition) is 4. The van der Waals surface area contributed by atoms with Crippen LogP contribution in [0, 0.1) is 17.8 Å². The van der Waals surface area contributed by atoms with Crippen molar-refractivity contribution in [3.63, 3.8) is 0 Å². The summed E-state index contributed by atoms with van der Waals surface area (Å²) in [5.41, 5.74) is 3.26. The number of rotatable bonds is 10. The number of amides is 1. The molecular weight excluding hydrogens is 416 g/mol. The number of carbonyl (C=O) groups is 2. The smallest absolute Gasteiger partial charge is 0.335 e. The van der Waals surface area contributed by atoms with Crippen LogP contribution in [0.4, 0.5) is 5.69 Å². The molecule has 33 heavy (non-hydrogen) atoms. The Labute approximate surface area is 196 Å². The number of ether oxygens (including phenoxy) is 1. The Bertz CT molecular complexity index is 909. The van der Waals surface area contributed by atoms with Gasteiger partial charge in [0, 0.05) is 18.8 Å². The molecule has 0 radical (unpaired) electrons. The molecule has 3 rings (SSSR count). The second kappa shape index (κ2) is 11.8. The first-order chi connectivity index (χ1) is 15.8. The summed E-state index contributed by atoms with van der Waals surface area (Å²) in [4.78, 5) is 23.3. The third kappa shape index (κ3) is 7.60. The summed E-state index contributed by atoms with van der Waals surface area (Å²) in [5, 5.41) is 15.2. The maximum absolute atomic E-state index is 12.3. The van der Waals surface area contributed by atoms with Gasteiger partial charge in [0.1, 0.15) is 6.61 Å². The van der Waals surface area contributed by atoms with E-state index in [4.69, 9.17) is 9.84 Å². The van der Waals surface area contributed by atoms with E-state index in [9.17, 15) is 9.59 Å². The van der Waals surface area contributed by atoms with Crippen LogP contribution in [0.25, 0.3) is 0 Å². The van der Waals surface area contributed by atoms with Gasteiger partial charge in [-0.25, -0.2) is 4.79 Å². The molecule has 6 heteroatoms. The number of anilines is 1. The van der Waals surface area contributed by atoms with Crippen LogP contribution in [0.1, 0.15) is 61.5 Å². The minimum Gasteiger partial charge on any atom is -0.478 e. The molecule has 3 unspecified atom stereocenters. The number of hydrogen-bond donors (Lipinski definition) is 3. The van der Waals surface area contributed by atoms with Gasteiger partial charge in [-0.2, -0.15) is 0 Å². The van der Waals surface area contributed by atoms with Gasteiger partial charge in [0.15, 0.2) is 0 Å². The highest BCUT2D eigenvalue weighted by molar-refractivity contribution is 5.87. The summed E-state index contributed by atoms with van der Waals surface area (Å²) in [6.45, 7) is 7.93. The van der Waals surface area contributed by atoms with Crippen molar-refractivity contribution in [3.8, 4) is 0 Å². The van der Waals surface area contributed by atoms with Gasteiger partial charge >= 0.3 is 5.97 Å². The quantitative estimate of drug-likeness (QED) is 0.467. The molecule has 1 aliphatic carbocycles. The first-order valence-electron chi connectivity index (χ1n) is 11.8. The van der Waals surface area contributed by atoms with Gasteiger partial charge in [-0.05, 0) is 66.0 Å². The molecule has 0 aromatic heterocycles. The maximum atomic E-state index is 12.3. The predicted octanol–water partition coefficient (Wildman–Crippen LogP) is 5.09. The van der Waals surface area contributed by atoms with Crippen molar-refractivity contribution >= 4 is 17.6 Å². The van der Waals surface area contributed by atoms with Crippen molar-refractivity contribution in [2.24, 2.45) is 17.8 Å². The van der Waals surface area contributed by atoms with E-state index in [2.05, 4.69) is 31.4 Å². The van der Waals surface area contributed by atoms with Crippen molar-refractivity contribution in [3.05, 3.63) is 65.2 Å². The molecule has 2 aromatic rings. The summed E-state index contributed by atoms with van der Waals surface area (Å²) in [6, 6.07) is 14.7. The Morgan fingerprint density at radius 1 is 1.00 bits per heavy atom. The van der Waals surface area contributed by atoms with Crippen LogP contribution in [-0.2, 0) is 22.6 Å². The minimum absolute atomic E-state index is 0.0808. The fourth-order valence-electron chi connectivity index (χ4n) is 4.45. The Hall–Kier alpha value is -2.86. The molecule has 1 amide bonds. The SMILES string of the molecule is CC1CCC(C(C)C)C(OCC(=O)NCc2ccc(NCc3ccc(C(=O)O)cc3)cc2)C1. The molecule has 2 aromatic carbocycles. The van der Waals surface area contributed by atoms with E-state index in [-0.39, 0.29) is 24.2 Å². The van der Waals surface area contributed by atoms with Gasteiger partial charge in [0.2, 0.25) is 5.91 Å². The van der Waals surface area contributed by atoms with Crippen LogP contribution in [0.5, 0.6) is 0 Å². The van der Waals surface area contributed by atoms with Crippen molar-refractivity contribution in [2.45, 2.75) is 59.2 Å². The third-order valence-electron chi connectivity index (χ3n) is 6.53. The van der Waals surface area contributed by atoms with Crippen LogP contribution in [0.3, 0.4) is 0 Å². The number of nitrogens with one attached hydrogen (secondary N) is 2. The van der Waals surface area contributed by atoms with E-state index < -0.39 is 5.97 Å². The number of aromatic carboxylic acids is 1. The van der Waals surface area contributed by atoms with E-state index in [0.717, 1.165) is 23.2 Å². The van der Waals surface area contributed by atoms with Crippen molar-refractivity contribution in [2.75, 3.05) is 11.9 Å². The van der Waals surface area contributed by atoms with Gasteiger partial charge in [-0.15, -0.1) is 0 Å². The van der Waals surface area contributed by atoms with E-state index in [0.29, 0.717) is 30.8 Å². The standard InChI is InChI=1S/C27H36N2O4/c1-18(2)24-13-4-19(3)14-25(24)33-17-26(30)29-16-21-7-11-23(12-8-21)28-15-20-5-9-22(10-6-20)27(31)32/h5-12,18-19,24-25,28H,4,13-17H2,1-3H3,(H,29,30)(H,31,32). The molecule has 3 N–H and O–H groups in total. The number of carboxylic acid groups (broad SMARTS) is 1. The third-order valence-corrected chi connectivity index (χ3v) is 6.53. The molecule has 1 fully saturated rings. The summed E-state index contributed by atoms with van der Waals surface area (Å²) < 4.78 is 6.04. The lowest BCUT2D eigenvalue weighted by Crippen LogP contribution is -2.37. The molecule has 0 aliphatic heterocycles. The minimum atomic E-state index is -0.924. The van der Waals surface area contributed by atoms with Gasteiger partial charge in [0.25, 0.3) is 0 Å². The van der Waals surface area contributed by atoms with Gasteiger partial charge in [0.05, 0.1) is 11.7 Å². The van der Waals surface area contributed by atoms with Crippen LogP contribution < -0.4 is 10.6 Å². The Morgan fingerprint density at radius 3 is 2.27 bits per heavy atom. The summed E-state index contributed by atoms with van der Waals surface area (Å²) in [7, 11) is 0. The van der Waals surface area contributed by atoms with Crippen LogP contribution >= 0.6 is 0 Å². The normalized spacial score (nSPS) is 20.4. The zero-order valence-corrected chi connectivity index (χ0v) is 19.8. The van der Waals surface area contributed by atoms with E-state index in [1.807, 2.05) is 24.3 Å². The average molecular weight is 453 g/mol. The summed E-state index contributed by atoms with van der Waals surface area (Å²) in [6.07, 6.45) is 3.63. The number of carbonyl (C=O) groups excluding carboxylic acids is 1. The molecule has 1 saturated carbocycles. The highest BCUT2D eigenvalue weighted by atomic mass is 16.5. The van der Waals surface area contributed by atoms with Crippen LogP contribution in [-0.4, -0.2) is 29.7 Å². The molecule has 3 atom stereocenters. The zero-order valence-electron chi connectivity index (χ0n) is 19.8. The molecule has 1 aliphatic rings. The Morgan fingerprint density at radius 2 is 1.64 bits per heavy atom. The second-order valence-electron chi connectivity index (χ2n) is 9.50. The second-order valence-corrected chi connectivity index (χ2v) is 9.50. The summed E-state index contributed by atoms with van der Waals surface area (Å²) >= 11 is 0. The maximum Gasteiger partial charge on any atom is 0.335 e. The fraction of sp³-hybridized carbons (Fsp3) is 0.481. The predicted molar refractivity (Wildman–Crippen MR) is 130 cm³/mol. The molecule has 0 bridgehead atoms. The lowest BCUT2D eigenvalue weighted by Gasteiger charge is -2.37. The highest BCUT2D eigenvalue weighted by Crippen LogP contribution is 2.35. The molecular formula is C27H36N2O4. The Kier molecular flexibility index (Phi) is 8.89. The largest absolute Gasteiger partial charge is 0.478 e. The Balaban J connectivity index is 1.40. The van der Waals surface area contributed by atoms with Crippen molar-refractivity contribution in [1.82, 2.24) is 5.32 Å². The monoisotopic (exact) mass is 452 g/mol. The highest BCUT2D eigenvalue weighted by Gasteiger charge is 2.31. The topological polar surface area (TPSA) is 87.7 Å². The molecule has 0 spiro atoms. The van der Waals surface area contributed by atoms with E-state index >= 15 is 0 Å². The van der Waals surface area contributed by atoms with Crippen molar-refractivity contribution in [1.29, 1.82) is 0 Å². The molecule has 6 nitrogen and oxygen atoms in total. The lowest BCUT2D eigenvalue weighted by molar-refractivity contribution is -0.131. The number of benzene rings is 2. The summed E-state index contributed by atoms with van der Waals surface area (Å²) in [5.74, 6) is 0.755. The van der Waals surface area contributed by atoms with E-state index in [1.165, 1.54) is 12.8 Å². The lowest BCUT2D eigenvalue weighted by atomic mass is 9.75. The van der Waals surface area contributed by atoms with E-state index in [1.54, 1.807) is 24.3 Å². The molecule has 0 saturated heterocycles.